The van der Waals surface area contributed by atoms with Crippen LogP contribution < -0.4 is 25.2 Å². The molecule has 0 aromatic heterocycles. The number of ether oxygens (including phenoxy) is 2. The largest absolute Gasteiger partial charge is 0.493 e. The normalized spacial score (nSPS) is 14.2. The van der Waals surface area contributed by atoms with E-state index in [1.54, 1.807) is 54.6 Å². The van der Waals surface area contributed by atoms with E-state index in [1.807, 2.05) is 0 Å². The zero-order valence-electron chi connectivity index (χ0n) is 18.1. The van der Waals surface area contributed by atoms with Crippen molar-refractivity contribution in [3.05, 3.63) is 89.8 Å². The summed E-state index contributed by atoms with van der Waals surface area (Å²) >= 11 is 0. The van der Waals surface area contributed by atoms with E-state index in [-0.39, 0.29) is 17.0 Å². The zero-order valence-corrected chi connectivity index (χ0v) is 18.1. The van der Waals surface area contributed by atoms with E-state index in [2.05, 4.69) is 10.7 Å². The molecule has 172 valence electrons. The van der Waals surface area contributed by atoms with Gasteiger partial charge in [0.15, 0.2) is 18.1 Å². The van der Waals surface area contributed by atoms with Crippen LogP contribution in [0.2, 0.25) is 0 Å². The van der Waals surface area contributed by atoms with Gasteiger partial charge in [-0.3, -0.25) is 19.8 Å². The van der Waals surface area contributed by atoms with Gasteiger partial charge in [-0.05, 0) is 42.5 Å². The molecule has 1 aliphatic heterocycles. The van der Waals surface area contributed by atoms with E-state index in [9.17, 15) is 18.8 Å². The fraction of sp³-hybridized carbons (Fsp3) is 0.0800. The smallest absolute Gasteiger partial charge is 0.282 e. The monoisotopic (exact) mass is 461 g/mol. The van der Waals surface area contributed by atoms with Crippen LogP contribution in [-0.2, 0) is 14.4 Å². The van der Waals surface area contributed by atoms with Gasteiger partial charge in [-0.1, -0.05) is 36.4 Å². The van der Waals surface area contributed by atoms with Crippen LogP contribution in [0.5, 0.6) is 11.5 Å². The standard InChI is InChI=1S/C25H20FN3O5/c1-33-21-12-5-7-16(23(21)34-15-22(30)27-18-9-6-8-17(26)14-18)13-20-24(31)28-29(25(20)32)19-10-3-2-4-11-19/h2-14H,15H2,1H3,(H,27,30)(H,28,31)/b20-13-. The van der Waals surface area contributed by atoms with Crippen molar-refractivity contribution in [3.8, 4) is 11.5 Å². The molecule has 0 saturated carbocycles. The molecule has 3 amide bonds. The molecule has 0 atom stereocenters. The summed E-state index contributed by atoms with van der Waals surface area (Å²) in [7, 11) is 1.43. The van der Waals surface area contributed by atoms with E-state index >= 15 is 0 Å². The summed E-state index contributed by atoms with van der Waals surface area (Å²) in [4.78, 5) is 37.7. The highest BCUT2D eigenvalue weighted by Crippen LogP contribution is 2.33. The lowest BCUT2D eigenvalue weighted by atomic mass is 10.1. The van der Waals surface area contributed by atoms with Gasteiger partial charge in [0.05, 0.1) is 12.8 Å². The van der Waals surface area contributed by atoms with Crippen molar-refractivity contribution in [3.63, 3.8) is 0 Å². The van der Waals surface area contributed by atoms with Crippen molar-refractivity contribution in [2.75, 3.05) is 24.0 Å². The minimum atomic E-state index is -0.577. The molecule has 2 N–H and O–H groups in total. The first-order valence-electron chi connectivity index (χ1n) is 10.2. The average molecular weight is 461 g/mol. The second kappa shape index (κ2) is 9.86. The number of rotatable bonds is 7. The van der Waals surface area contributed by atoms with E-state index in [0.717, 1.165) is 5.01 Å². The third-order valence-electron chi connectivity index (χ3n) is 4.89. The van der Waals surface area contributed by atoms with Crippen molar-refractivity contribution in [1.82, 2.24) is 5.43 Å². The molecule has 4 rings (SSSR count). The SMILES string of the molecule is COc1cccc(/C=C2/C(=O)NN(c3ccccc3)C2=O)c1OCC(=O)Nc1cccc(F)c1. The summed E-state index contributed by atoms with van der Waals surface area (Å²) in [6, 6.07) is 19.1. The Kier molecular flexibility index (Phi) is 6.54. The van der Waals surface area contributed by atoms with Gasteiger partial charge in [-0.2, -0.15) is 0 Å². The number of nitrogens with zero attached hydrogens (tertiary/aromatic N) is 1. The molecule has 1 aliphatic rings. The van der Waals surface area contributed by atoms with Crippen LogP contribution >= 0.6 is 0 Å². The lowest BCUT2D eigenvalue weighted by Crippen LogP contribution is -2.35. The van der Waals surface area contributed by atoms with Crippen molar-refractivity contribution < 1.29 is 28.2 Å². The van der Waals surface area contributed by atoms with Crippen molar-refractivity contribution in [1.29, 1.82) is 0 Å². The van der Waals surface area contributed by atoms with Crippen LogP contribution in [0.1, 0.15) is 5.56 Å². The van der Waals surface area contributed by atoms with Crippen LogP contribution in [0, 0.1) is 5.82 Å². The Bertz CT molecular complexity index is 1280. The summed E-state index contributed by atoms with van der Waals surface area (Å²) < 4.78 is 24.4. The number of halogens is 1. The van der Waals surface area contributed by atoms with Crippen molar-refractivity contribution in [2.45, 2.75) is 0 Å². The lowest BCUT2D eigenvalue weighted by Gasteiger charge is -2.14. The Hall–Kier alpha value is -4.66. The molecule has 8 nitrogen and oxygen atoms in total. The van der Waals surface area contributed by atoms with Gasteiger partial charge >= 0.3 is 0 Å². The van der Waals surface area contributed by atoms with E-state index in [1.165, 1.54) is 31.4 Å². The third kappa shape index (κ3) is 4.88. The van der Waals surface area contributed by atoms with Crippen molar-refractivity contribution >= 4 is 35.2 Å². The molecule has 1 saturated heterocycles. The number of amides is 3. The number of nitrogens with one attached hydrogen (secondary N) is 2. The van der Waals surface area contributed by atoms with Crippen LogP contribution in [0.15, 0.2) is 78.4 Å². The molecule has 0 spiro atoms. The van der Waals surface area contributed by atoms with Crippen LogP contribution in [0.3, 0.4) is 0 Å². The number of anilines is 2. The molecule has 3 aromatic carbocycles. The van der Waals surface area contributed by atoms with E-state index < -0.39 is 30.1 Å². The highest BCUT2D eigenvalue weighted by Gasteiger charge is 2.34. The molecule has 34 heavy (non-hydrogen) atoms. The fourth-order valence-corrected chi connectivity index (χ4v) is 3.33. The predicted molar refractivity (Wildman–Crippen MR) is 124 cm³/mol. The number of hydrogen-bond donors (Lipinski definition) is 2. The first-order chi connectivity index (χ1) is 16.5. The summed E-state index contributed by atoms with van der Waals surface area (Å²) in [6.45, 7) is -0.413. The molecule has 0 aliphatic carbocycles. The summed E-state index contributed by atoms with van der Waals surface area (Å²) in [6.07, 6.45) is 1.38. The summed E-state index contributed by atoms with van der Waals surface area (Å²) in [5, 5.41) is 3.69. The number of carbonyl (C=O) groups is 3. The predicted octanol–water partition coefficient (Wildman–Crippen LogP) is 3.31. The highest BCUT2D eigenvalue weighted by atomic mass is 19.1. The van der Waals surface area contributed by atoms with Gasteiger partial charge in [0.2, 0.25) is 0 Å². The number of carbonyl (C=O) groups excluding carboxylic acids is 3. The number of benzene rings is 3. The minimum Gasteiger partial charge on any atom is -0.493 e. The molecule has 0 bridgehead atoms. The Morgan fingerprint density at radius 1 is 1.06 bits per heavy atom. The van der Waals surface area contributed by atoms with Gasteiger partial charge in [0, 0.05) is 11.3 Å². The molecule has 3 aromatic rings. The Balaban J connectivity index is 1.56. The van der Waals surface area contributed by atoms with Crippen LogP contribution in [0.4, 0.5) is 15.8 Å². The van der Waals surface area contributed by atoms with Gasteiger partial charge < -0.3 is 14.8 Å². The Labute approximate surface area is 194 Å². The van der Waals surface area contributed by atoms with Crippen LogP contribution in [0.25, 0.3) is 6.08 Å². The van der Waals surface area contributed by atoms with Gasteiger partial charge in [0.25, 0.3) is 17.7 Å². The molecular weight excluding hydrogens is 441 g/mol. The summed E-state index contributed by atoms with van der Waals surface area (Å²) in [5.74, 6) is -1.65. The van der Waals surface area contributed by atoms with Gasteiger partial charge in [0.1, 0.15) is 11.4 Å². The maximum Gasteiger partial charge on any atom is 0.282 e. The van der Waals surface area contributed by atoms with Gasteiger partial charge in [-0.25, -0.2) is 9.40 Å². The van der Waals surface area contributed by atoms with E-state index in [0.29, 0.717) is 17.0 Å². The molecule has 0 radical (unpaired) electrons. The first-order valence-corrected chi connectivity index (χ1v) is 10.2. The third-order valence-corrected chi connectivity index (χ3v) is 4.89. The van der Waals surface area contributed by atoms with Crippen molar-refractivity contribution in [2.24, 2.45) is 0 Å². The number of hydrogen-bond acceptors (Lipinski definition) is 5. The van der Waals surface area contributed by atoms with Crippen LogP contribution in [-0.4, -0.2) is 31.4 Å². The lowest BCUT2D eigenvalue weighted by molar-refractivity contribution is -0.118. The Morgan fingerprint density at radius 2 is 1.82 bits per heavy atom. The average Bonchev–Trinajstić information content (AvgIpc) is 3.12. The fourth-order valence-electron chi connectivity index (χ4n) is 3.33. The molecular formula is C25H20FN3O5. The second-order valence-electron chi connectivity index (χ2n) is 7.20. The maximum absolute atomic E-state index is 13.3. The molecule has 1 fully saturated rings. The molecule has 1 heterocycles. The number of para-hydroxylation sites is 2. The molecule has 0 unspecified atom stereocenters. The Morgan fingerprint density at radius 3 is 2.56 bits per heavy atom. The minimum absolute atomic E-state index is 0.105. The zero-order chi connectivity index (χ0) is 24.1. The number of hydrazine groups is 1. The summed E-state index contributed by atoms with van der Waals surface area (Å²) in [5.41, 5.74) is 3.59. The highest BCUT2D eigenvalue weighted by molar-refractivity contribution is 6.31. The van der Waals surface area contributed by atoms with Gasteiger partial charge in [-0.15, -0.1) is 0 Å². The topological polar surface area (TPSA) is 97.0 Å². The number of methoxy groups -OCH3 is 1. The quantitative estimate of drug-likeness (QED) is 0.416. The molecule has 9 heteroatoms. The second-order valence-corrected chi connectivity index (χ2v) is 7.20. The van der Waals surface area contributed by atoms with E-state index in [4.69, 9.17) is 9.47 Å². The first kappa shape index (κ1) is 22.5. The maximum atomic E-state index is 13.3.